The van der Waals surface area contributed by atoms with Crippen molar-refractivity contribution >= 4 is 0 Å². The molecule has 1 aromatic carbocycles. The molecule has 1 aliphatic rings. The first-order valence-electron chi connectivity index (χ1n) is 9.31. The lowest BCUT2D eigenvalue weighted by molar-refractivity contribution is -0.0840. The predicted molar refractivity (Wildman–Crippen MR) is 103 cm³/mol. The smallest absolute Gasteiger partial charge is 0.0635 e. The number of aryl methyl sites for hydroxylation is 1. The van der Waals surface area contributed by atoms with Crippen LogP contribution in [0.1, 0.15) is 49.9 Å². The molecule has 0 saturated carbocycles. The van der Waals surface area contributed by atoms with Gasteiger partial charge in [-0.3, -0.25) is 4.98 Å². The molecular formula is C22H30N2O. The molecule has 0 amide bonds. The fraction of sp³-hybridized carbons (Fsp3) is 0.500. The second kappa shape index (κ2) is 7.67. The molecule has 3 heteroatoms. The van der Waals surface area contributed by atoms with Crippen LogP contribution in [-0.2, 0) is 16.7 Å². The average molecular weight is 338 g/mol. The highest BCUT2D eigenvalue weighted by molar-refractivity contribution is 5.30. The van der Waals surface area contributed by atoms with Gasteiger partial charge in [0, 0.05) is 24.8 Å². The van der Waals surface area contributed by atoms with Gasteiger partial charge in [0.25, 0.3) is 0 Å². The van der Waals surface area contributed by atoms with E-state index in [1.165, 1.54) is 11.1 Å². The summed E-state index contributed by atoms with van der Waals surface area (Å²) < 4.78 is 6.01. The van der Waals surface area contributed by atoms with Gasteiger partial charge in [0.15, 0.2) is 0 Å². The van der Waals surface area contributed by atoms with Crippen LogP contribution in [0.5, 0.6) is 0 Å². The molecular weight excluding hydrogens is 308 g/mol. The highest BCUT2D eigenvalue weighted by Crippen LogP contribution is 2.43. The zero-order valence-corrected chi connectivity index (χ0v) is 15.7. The van der Waals surface area contributed by atoms with Gasteiger partial charge in [-0.2, -0.15) is 0 Å². The molecule has 0 aliphatic carbocycles. The zero-order valence-electron chi connectivity index (χ0n) is 15.7. The lowest BCUT2D eigenvalue weighted by Gasteiger charge is -2.45. The van der Waals surface area contributed by atoms with E-state index in [-0.39, 0.29) is 11.0 Å². The van der Waals surface area contributed by atoms with Gasteiger partial charge in [-0.25, -0.2) is 0 Å². The first-order chi connectivity index (χ1) is 12.0. The summed E-state index contributed by atoms with van der Waals surface area (Å²) >= 11 is 0. The van der Waals surface area contributed by atoms with E-state index >= 15 is 0 Å². The number of aromatic nitrogens is 1. The number of benzene rings is 1. The Bertz CT molecular complexity index is 666. The van der Waals surface area contributed by atoms with Gasteiger partial charge in [0.05, 0.1) is 11.3 Å². The molecule has 1 aromatic heterocycles. The predicted octanol–water partition coefficient (Wildman–Crippen LogP) is 4.40. The van der Waals surface area contributed by atoms with Crippen molar-refractivity contribution in [3.8, 4) is 0 Å². The first kappa shape index (κ1) is 18.1. The van der Waals surface area contributed by atoms with E-state index in [9.17, 15) is 0 Å². The Morgan fingerprint density at radius 1 is 1.12 bits per heavy atom. The molecule has 2 heterocycles. The van der Waals surface area contributed by atoms with Crippen LogP contribution < -0.4 is 5.32 Å². The minimum Gasteiger partial charge on any atom is -0.376 e. The molecule has 1 saturated heterocycles. The Balaban J connectivity index is 1.69. The van der Waals surface area contributed by atoms with Gasteiger partial charge in [-0.1, -0.05) is 35.9 Å². The maximum absolute atomic E-state index is 6.01. The van der Waals surface area contributed by atoms with E-state index < -0.39 is 0 Å². The number of nitrogens with zero attached hydrogens (tertiary/aromatic N) is 1. The third kappa shape index (κ3) is 4.68. The largest absolute Gasteiger partial charge is 0.376 e. The van der Waals surface area contributed by atoms with Gasteiger partial charge in [-0.05, 0) is 64.3 Å². The Hall–Kier alpha value is -1.71. The van der Waals surface area contributed by atoms with Crippen molar-refractivity contribution < 1.29 is 4.74 Å². The lowest BCUT2D eigenvalue weighted by atomic mass is 9.67. The van der Waals surface area contributed by atoms with E-state index in [2.05, 4.69) is 61.4 Å². The van der Waals surface area contributed by atoms with Crippen LogP contribution >= 0.6 is 0 Å². The fourth-order valence-corrected chi connectivity index (χ4v) is 4.04. The van der Waals surface area contributed by atoms with Crippen LogP contribution in [0.25, 0.3) is 0 Å². The topological polar surface area (TPSA) is 34.2 Å². The monoisotopic (exact) mass is 338 g/mol. The summed E-state index contributed by atoms with van der Waals surface area (Å²) in [7, 11) is 0. The van der Waals surface area contributed by atoms with Crippen LogP contribution in [0.4, 0.5) is 0 Å². The van der Waals surface area contributed by atoms with E-state index in [0.717, 1.165) is 44.7 Å². The van der Waals surface area contributed by atoms with Crippen molar-refractivity contribution in [2.45, 2.75) is 57.6 Å². The maximum atomic E-state index is 6.01. The molecule has 25 heavy (non-hydrogen) atoms. The van der Waals surface area contributed by atoms with E-state index in [0.29, 0.717) is 0 Å². The second-order valence-electron chi connectivity index (χ2n) is 7.93. The molecule has 1 aliphatic heterocycles. The minimum absolute atomic E-state index is 0.0654. The molecule has 2 aromatic rings. The number of hydrogen-bond donors (Lipinski definition) is 1. The van der Waals surface area contributed by atoms with Crippen molar-refractivity contribution in [1.82, 2.24) is 10.3 Å². The average Bonchev–Trinajstić information content (AvgIpc) is 2.59. The normalized spacial score (nSPS) is 22.7. The molecule has 3 rings (SSSR count). The number of hydrogen-bond acceptors (Lipinski definition) is 3. The molecule has 0 radical (unpaired) electrons. The van der Waals surface area contributed by atoms with Crippen molar-refractivity contribution in [2.24, 2.45) is 0 Å². The number of pyridine rings is 1. The summed E-state index contributed by atoms with van der Waals surface area (Å²) in [4.78, 5) is 4.39. The van der Waals surface area contributed by atoms with Crippen molar-refractivity contribution in [2.75, 3.05) is 13.2 Å². The van der Waals surface area contributed by atoms with Crippen LogP contribution in [0, 0.1) is 6.92 Å². The quantitative estimate of drug-likeness (QED) is 0.793. The number of rotatable bonds is 6. The van der Waals surface area contributed by atoms with E-state index in [4.69, 9.17) is 4.74 Å². The fourth-order valence-electron chi connectivity index (χ4n) is 4.04. The summed E-state index contributed by atoms with van der Waals surface area (Å²) in [5, 5.41) is 3.58. The summed E-state index contributed by atoms with van der Waals surface area (Å²) in [6.07, 6.45) is 5.13. The Morgan fingerprint density at radius 2 is 1.92 bits per heavy atom. The van der Waals surface area contributed by atoms with Gasteiger partial charge in [0.1, 0.15) is 0 Å². The standard InChI is InChI=1S/C22H30N2O/c1-18-7-9-19(10-8-18)22(12-15-25-21(2,3)17-22)11-14-23-16-20-6-4-5-13-24-20/h4-10,13,23H,11-12,14-17H2,1-3H3. The van der Waals surface area contributed by atoms with Gasteiger partial charge in [0.2, 0.25) is 0 Å². The Kier molecular flexibility index (Phi) is 5.55. The minimum atomic E-state index is -0.0654. The number of ether oxygens (including phenoxy) is 1. The van der Waals surface area contributed by atoms with Crippen LogP contribution in [-0.4, -0.2) is 23.7 Å². The SMILES string of the molecule is Cc1ccc(C2(CCNCc3ccccn3)CCOC(C)(C)C2)cc1. The highest BCUT2D eigenvalue weighted by Gasteiger charge is 2.41. The zero-order chi connectivity index (χ0) is 17.8. The number of nitrogens with one attached hydrogen (secondary N) is 1. The maximum Gasteiger partial charge on any atom is 0.0635 e. The summed E-state index contributed by atoms with van der Waals surface area (Å²) in [6.45, 7) is 9.23. The van der Waals surface area contributed by atoms with E-state index in [1.54, 1.807) is 0 Å². The Labute approximate surface area is 151 Å². The third-order valence-corrected chi connectivity index (χ3v) is 5.31. The molecule has 1 unspecified atom stereocenters. The summed E-state index contributed by atoms with van der Waals surface area (Å²) in [6, 6.07) is 15.2. The van der Waals surface area contributed by atoms with Crippen LogP contribution in [0.15, 0.2) is 48.7 Å². The van der Waals surface area contributed by atoms with E-state index in [1.807, 2.05) is 18.3 Å². The van der Waals surface area contributed by atoms with Crippen molar-refractivity contribution in [1.29, 1.82) is 0 Å². The van der Waals surface area contributed by atoms with Gasteiger partial charge in [-0.15, -0.1) is 0 Å². The van der Waals surface area contributed by atoms with Crippen molar-refractivity contribution in [3.05, 3.63) is 65.5 Å². The van der Waals surface area contributed by atoms with Gasteiger partial charge >= 0.3 is 0 Å². The Morgan fingerprint density at radius 3 is 2.60 bits per heavy atom. The van der Waals surface area contributed by atoms with Gasteiger partial charge < -0.3 is 10.1 Å². The third-order valence-electron chi connectivity index (χ3n) is 5.31. The molecule has 1 N–H and O–H groups in total. The van der Waals surface area contributed by atoms with Crippen molar-refractivity contribution in [3.63, 3.8) is 0 Å². The molecule has 3 nitrogen and oxygen atoms in total. The molecule has 1 atom stereocenters. The summed E-state index contributed by atoms with van der Waals surface area (Å²) in [5.74, 6) is 0. The molecule has 0 bridgehead atoms. The van der Waals surface area contributed by atoms with Crippen LogP contribution in [0.2, 0.25) is 0 Å². The molecule has 1 fully saturated rings. The second-order valence-corrected chi connectivity index (χ2v) is 7.93. The van der Waals surface area contributed by atoms with Crippen LogP contribution in [0.3, 0.4) is 0 Å². The molecule has 0 spiro atoms. The molecule has 134 valence electrons. The highest BCUT2D eigenvalue weighted by atomic mass is 16.5. The first-order valence-corrected chi connectivity index (χ1v) is 9.31. The summed E-state index contributed by atoms with van der Waals surface area (Å²) in [5.41, 5.74) is 3.99. The lowest BCUT2D eigenvalue weighted by Crippen LogP contribution is -2.45.